The largest absolute Gasteiger partial charge is 0.464 e. The van der Waals surface area contributed by atoms with Gasteiger partial charge in [0.25, 0.3) is 5.19 Å². The summed E-state index contributed by atoms with van der Waals surface area (Å²) in [6.45, 7) is 3.93. The second-order valence-corrected chi connectivity index (χ2v) is 6.19. The molecule has 1 heterocycles. The molecule has 3 rings (SSSR count). The van der Waals surface area contributed by atoms with E-state index < -0.39 is 6.04 Å². The van der Waals surface area contributed by atoms with E-state index >= 15 is 0 Å². The van der Waals surface area contributed by atoms with Gasteiger partial charge in [-0.2, -0.15) is 0 Å². The minimum Gasteiger partial charge on any atom is -0.464 e. The number of hydrogen-bond donors (Lipinski definition) is 1. The maximum absolute atomic E-state index is 11.6. The van der Waals surface area contributed by atoms with Gasteiger partial charge in [-0.15, -0.1) is 0 Å². The average Bonchev–Trinajstić information content (AvgIpc) is 2.99. The van der Waals surface area contributed by atoms with Crippen LogP contribution in [-0.4, -0.2) is 23.6 Å². The highest BCUT2D eigenvalue weighted by atomic mass is 32.1. The summed E-state index contributed by atoms with van der Waals surface area (Å²) >= 11 is 1.51. The first-order chi connectivity index (χ1) is 11.7. The Bertz CT molecular complexity index is 797. The number of carbonyl (C=O) groups is 1. The average molecular weight is 342 g/mol. The topological polar surface area (TPSA) is 60.5 Å². The normalized spacial score (nSPS) is 11.9. The molecule has 1 aromatic heterocycles. The van der Waals surface area contributed by atoms with Gasteiger partial charge in [0.2, 0.25) is 0 Å². The van der Waals surface area contributed by atoms with Crippen molar-refractivity contribution in [3.05, 3.63) is 48.5 Å². The van der Waals surface area contributed by atoms with Gasteiger partial charge in [-0.05, 0) is 50.2 Å². The zero-order valence-electron chi connectivity index (χ0n) is 13.5. The monoisotopic (exact) mass is 342 g/mol. The van der Waals surface area contributed by atoms with Gasteiger partial charge in [0.15, 0.2) is 0 Å². The van der Waals surface area contributed by atoms with E-state index in [-0.39, 0.29) is 5.97 Å². The van der Waals surface area contributed by atoms with Crippen LogP contribution in [0.5, 0.6) is 10.9 Å². The van der Waals surface area contributed by atoms with Crippen LogP contribution >= 0.6 is 11.3 Å². The van der Waals surface area contributed by atoms with E-state index in [4.69, 9.17) is 9.47 Å². The van der Waals surface area contributed by atoms with E-state index in [1.807, 2.05) is 48.5 Å². The number of ether oxygens (including phenoxy) is 2. The van der Waals surface area contributed by atoms with E-state index in [1.54, 1.807) is 13.8 Å². The Morgan fingerprint density at radius 3 is 2.67 bits per heavy atom. The zero-order chi connectivity index (χ0) is 16.9. The number of aromatic nitrogens is 1. The van der Waals surface area contributed by atoms with Gasteiger partial charge in [-0.1, -0.05) is 23.5 Å². The summed E-state index contributed by atoms with van der Waals surface area (Å²) in [5.41, 5.74) is 1.76. The first-order valence-corrected chi connectivity index (χ1v) is 8.54. The molecule has 0 saturated carbocycles. The molecule has 1 atom stereocenters. The van der Waals surface area contributed by atoms with Crippen molar-refractivity contribution in [2.75, 3.05) is 11.9 Å². The lowest BCUT2D eigenvalue weighted by molar-refractivity contribution is -0.143. The lowest BCUT2D eigenvalue weighted by Crippen LogP contribution is -2.28. The van der Waals surface area contributed by atoms with Crippen molar-refractivity contribution < 1.29 is 14.3 Å². The molecule has 0 spiro atoms. The highest BCUT2D eigenvalue weighted by Crippen LogP contribution is 2.31. The van der Waals surface area contributed by atoms with E-state index in [0.29, 0.717) is 17.6 Å². The number of fused-ring (bicyclic) bond motifs is 1. The summed E-state index contributed by atoms with van der Waals surface area (Å²) in [5.74, 6) is 0.427. The summed E-state index contributed by atoms with van der Waals surface area (Å²) in [7, 11) is 0. The third-order valence-electron chi connectivity index (χ3n) is 3.36. The molecule has 3 aromatic rings. The fraction of sp³-hybridized carbons (Fsp3) is 0.222. The molecule has 1 unspecified atom stereocenters. The van der Waals surface area contributed by atoms with Crippen molar-refractivity contribution in [3.63, 3.8) is 0 Å². The maximum atomic E-state index is 11.6. The van der Waals surface area contributed by atoms with E-state index in [2.05, 4.69) is 10.3 Å². The van der Waals surface area contributed by atoms with Gasteiger partial charge in [-0.25, -0.2) is 9.78 Å². The highest BCUT2D eigenvalue weighted by Gasteiger charge is 2.13. The molecule has 24 heavy (non-hydrogen) atoms. The van der Waals surface area contributed by atoms with Gasteiger partial charge in [0, 0.05) is 5.69 Å². The predicted octanol–water partition coefficient (Wildman–Crippen LogP) is 4.45. The second-order valence-electron chi connectivity index (χ2n) is 5.19. The van der Waals surface area contributed by atoms with Crippen molar-refractivity contribution in [3.8, 4) is 10.9 Å². The Balaban J connectivity index is 1.65. The van der Waals surface area contributed by atoms with Crippen molar-refractivity contribution in [2.45, 2.75) is 19.9 Å². The second kappa shape index (κ2) is 7.31. The van der Waals surface area contributed by atoms with Crippen LogP contribution in [-0.2, 0) is 9.53 Å². The molecule has 2 aromatic carbocycles. The van der Waals surface area contributed by atoms with Crippen molar-refractivity contribution in [1.29, 1.82) is 0 Å². The van der Waals surface area contributed by atoms with E-state index in [1.165, 1.54) is 11.3 Å². The number of nitrogens with zero attached hydrogens (tertiary/aromatic N) is 1. The number of anilines is 1. The van der Waals surface area contributed by atoms with Crippen LogP contribution < -0.4 is 10.1 Å². The van der Waals surface area contributed by atoms with Crippen LogP contribution in [0.3, 0.4) is 0 Å². The van der Waals surface area contributed by atoms with Crippen LogP contribution in [0.1, 0.15) is 13.8 Å². The molecule has 0 aliphatic carbocycles. The maximum Gasteiger partial charge on any atom is 0.328 e. The molecular weight excluding hydrogens is 324 g/mol. The van der Waals surface area contributed by atoms with E-state index in [9.17, 15) is 4.79 Å². The molecule has 6 heteroatoms. The number of carbonyl (C=O) groups excluding carboxylic acids is 1. The third kappa shape index (κ3) is 3.83. The lowest BCUT2D eigenvalue weighted by Gasteiger charge is -2.14. The quantitative estimate of drug-likeness (QED) is 0.671. The molecule has 0 bridgehead atoms. The smallest absolute Gasteiger partial charge is 0.328 e. The Morgan fingerprint density at radius 2 is 1.96 bits per heavy atom. The van der Waals surface area contributed by atoms with Crippen molar-refractivity contribution >= 4 is 33.2 Å². The molecule has 0 radical (unpaired) electrons. The summed E-state index contributed by atoms with van der Waals surface area (Å²) in [5, 5.41) is 3.70. The van der Waals surface area contributed by atoms with Gasteiger partial charge in [0.1, 0.15) is 11.8 Å². The number of hydrogen-bond acceptors (Lipinski definition) is 6. The molecule has 1 N–H and O–H groups in total. The summed E-state index contributed by atoms with van der Waals surface area (Å²) in [4.78, 5) is 16.1. The van der Waals surface area contributed by atoms with Crippen LogP contribution in [0.2, 0.25) is 0 Å². The summed E-state index contributed by atoms with van der Waals surface area (Å²) in [6, 6.07) is 14.9. The van der Waals surface area contributed by atoms with Crippen molar-refractivity contribution in [1.82, 2.24) is 4.98 Å². The van der Waals surface area contributed by atoms with Crippen molar-refractivity contribution in [2.24, 2.45) is 0 Å². The number of benzene rings is 2. The Morgan fingerprint density at radius 1 is 1.21 bits per heavy atom. The van der Waals surface area contributed by atoms with Gasteiger partial charge >= 0.3 is 5.97 Å². The summed E-state index contributed by atoms with van der Waals surface area (Å²) < 4.78 is 11.9. The lowest BCUT2D eigenvalue weighted by atomic mass is 10.2. The Hall–Kier alpha value is -2.60. The number of esters is 1. The molecule has 124 valence electrons. The number of para-hydroxylation sites is 1. The zero-order valence-corrected chi connectivity index (χ0v) is 14.3. The van der Waals surface area contributed by atoms with E-state index in [0.717, 1.165) is 15.9 Å². The molecule has 0 fully saturated rings. The molecule has 5 nitrogen and oxygen atoms in total. The fourth-order valence-corrected chi connectivity index (χ4v) is 3.03. The standard InChI is InChI=1S/C18H18N2O3S/c1-3-22-17(21)12(2)19-13-8-10-14(11-9-13)23-18-20-15-6-4-5-7-16(15)24-18/h4-12,19H,3H2,1-2H3. The number of rotatable bonds is 6. The molecular formula is C18H18N2O3S. The fourth-order valence-electron chi connectivity index (χ4n) is 2.19. The highest BCUT2D eigenvalue weighted by molar-refractivity contribution is 7.20. The minimum absolute atomic E-state index is 0.271. The van der Waals surface area contributed by atoms with Crippen LogP contribution in [0.4, 0.5) is 5.69 Å². The van der Waals surface area contributed by atoms with Gasteiger partial charge in [0.05, 0.1) is 16.8 Å². The molecule has 0 saturated heterocycles. The predicted molar refractivity (Wildman–Crippen MR) is 95.9 cm³/mol. The number of nitrogens with one attached hydrogen (secondary N) is 1. The van der Waals surface area contributed by atoms with Crippen LogP contribution in [0.25, 0.3) is 10.2 Å². The summed E-state index contributed by atoms with van der Waals surface area (Å²) in [6.07, 6.45) is 0. The van der Waals surface area contributed by atoms with Gasteiger partial charge < -0.3 is 14.8 Å². The molecule has 0 aliphatic rings. The molecule has 0 amide bonds. The Kier molecular flexibility index (Phi) is 4.96. The van der Waals surface area contributed by atoms with Gasteiger partial charge in [-0.3, -0.25) is 0 Å². The minimum atomic E-state index is -0.402. The Labute approximate surface area is 144 Å². The van der Waals surface area contributed by atoms with Crippen LogP contribution in [0, 0.1) is 0 Å². The first kappa shape index (κ1) is 16.3. The SMILES string of the molecule is CCOC(=O)C(C)Nc1ccc(Oc2nc3ccccc3s2)cc1. The first-order valence-electron chi connectivity index (χ1n) is 7.72. The number of thiazole rings is 1. The molecule has 0 aliphatic heterocycles. The van der Waals surface area contributed by atoms with Crippen LogP contribution in [0.15, 0.2) is 48.5 Å². The third-order valence-corrected chi connectivity index (χ3v) is 4.27.